The monoisotopic (exact) mass is 292 g/mol. The van der Waals surface area contributed by atoms with Crippen molar-refractivity contribution >= 4 is 11.7 Å². The fraction of sp³-hybridized carbons (Fsp3) is 0.667. The van der Waals surface area contributed by atoms with Gasteiger partial charge in [-0.15, -0.1) is 0 Å². The van der Waals surface area contributed by atoms with Gasteiger partial charge in [-0.25, -0.2) is 14.8 Å². The van der Waals surface area contributed by atoms with E-state index in [2.05, 4.69) is 15.3 Å². The van der Waals surface area contributed by atoms with Crippen LogP contribution in [0.4, 0.5) is 10.5 Å². The van der Waals surface area contributed by atoms with Crippen LogP contribution in [0, 0.1) is 5.92 Å². The molecule has 1 fully saturated rings. The molecular formula is C15H24N4O2. The van der Waals surface area contributed by atoms with Crippen LogP contribution in [0.25, 0.3) is 0 Å². The minimum Gasteiger partial charge on any atom is -0.396 e. The summed E-state index contributed by atoms with van der Waals surface area (Å²) in [6.07, 6.45) is 5.18. The summed E-state index contributed by atoms with van der Waals surface area (Å²) >= 11 is 0. The van der Waals surface area contributed by atoms with E-state index in [0.717, 1.165) is 25.2 Å². The number of carbonyl (C=O) groups is 1. The summed E-state index contributed by atoms with van der Waals surface area (Å²) in [7, 11) is 0. The van der Waals surface area contributed by atoms with Crippen molar-refractivity contribution < 1.29 is 9.90 Å². The molecule has 1 atom stereocenters. The number of rotatable bonds is 2. The van der Waals surface area contributed by atoms with E-state index in [1.807, 2.05) is 20.8 Å². The number of likely N-dealkylation sites (tertiary alicyclic amines) is 1. The summed E-state index contributed by atoms with van der Waals surface area (Å²) < 4.78 is 0. The van der Waals surface area contributed by atoms with Crippen LogP contribution in [0.2, 0.25) is 0 Å². The lowest BCUT2D eigenvalue weighted by molar-refractivity contribution is 0.136. The van der Waals surface area contributed by atoms with Crippen molar-refractivity contribution in [2.45, 2.75) is 39.0 Å². The second-order valence-electron chi connectivity index (χ2n) is 6.61. The number of piperidine rings is 1. The highest BCUT2D eigenvalue weighted by atomic mass is 16.3. The Morgan fingerprint density at radius 2 is 2.10 bits per heavy atom. The lowest BCUT2D eigenvalue weighted by Crippen LogP contribution is -2.43. The highest BCUT2D eigenvalue weighted by Gasteiger charge is 2.23. The lowest BCUT2D eigenvalue weighted by Gasteiger charge is -2.31. The van der Waals surface area contributed by atoms with Crippen LogP contribution in [0.1, 0.15) is 39.4 Å². The number of nitrogens with one attached hydrogen (secondary N) is 1. The molecule has 6 heteroatoms. The molecule has 0 saturated carbocycles. The summed E-state index contributed by atoms with van der Waals surface area (Å²) in [4.78, 5) is 22.5. The molecule has 0 aliphatic carbocycles. The first-order valence-corrected chi connectivity index (χ1v) is 7.39. The van der Waals surface area contributed by atoms with Crippen LogP contribution in [0.3, 0.4) is 0 Å². The average molecular weight is 292 g/mol. The van der Waals surface area contributed by atoms with Crippen molar-refractivity contribution in [3.63, 3.8) is 0 Å². The van der Waals surface area contributed by atoms with E-state index < -0.39 is 0 Å². The first kappa shape index (κ1) is 15.7. The van der Waals surface area contributed by atoms with Gasteiger partial charge < -0.3 is 15.3 Å². The third kappa shape index (κ3) is 4.14. The fourth-order valence-corrected chi connectivity index (χ4v) is 2.38. The number of urea groups is 1. The molecule has 2 amide bonds. The minimum atomic E-state index is -0.153. The number of nitrogens with zero attached hydrogens (tertiary/aromatic N) is 3. The number of aliphatic hydroxyl groups is 1. The second kappa shape index (κ2) is 6.39. The molecule has 0 aromatic carbocycles. The van der Waals surface area contributed by atoms with E-state index >= 15 is 0 Å². The molecule has 0 spiro atoms. The SMILES string of the molecule is CC(C)(C)c1ncc(NC(=O)N2CCCC(CO)C2)cn1. The maximum atomic E-state index is 12.2. The molecule has 0 radical (unpaired) electrons. The molecule has 2 heterocycles. The van der Waals surface area contributed by atoms with Gasteiger partial charge in [0.15, 0.2) is 0 Å². The van der Waals surface area contributed by atoms with E-state index in [1.165, 1.54) is 0 Å². The highest BCUT2D eigenvalue weighted by molar-refractivity contribution is 5.89. The molecule has 2 rings (SSSR count). The molecular weight excluding hydrogens is 268 g/mol. The van der Waals surface area contributed by atoms with Crippen LogP contribution >= 0.6 is 0 Å². The topological polar surface area (TPSA) is 78.4 Å². The van der Waals surface area contributed by atoms with Crippen molar-refractivity contribution in [1.29, 1.82) is 0 Å². The largest absolute Gasteiger partial charge is 0.396 e. The number of anilines is 1. The van der Waals surface area contributed by atoms with E-state index in [1.54, 1.807) is 17.3 Å². The van der Waals surface area contributed by atoms with Crippen molar-refractivity contribution in [3.05, 3.63) is 18.2 Å². The van der Waals surface area contributed by atoms with E-state index in [4.69, 9.17) is 0 Å². The molecule has 1 aromatic heterocycles. The normalized spacial score (nSPS) is 19.4. The average Bonchev–Trinajstić information content (AvgIpc) is 2.47. The smallest absolute Gasteiger partial charge is 0.321 e. The van der Waals surface area contributed by atoms with Gasteiger partial charge in [0.2, 0.25) is 0 Å². The molecule has 1 aromatic rings. The van der Waals surface area contributed by atoms with Gasteiger partial charge in [-0.3, -0.25) is 0 Å². The van der Waals surface area contributed by atoms with Gasteiger partial charge in [-0.05, 0) is 18.8 Å². The van der Waals surface area contributed by atoms with Gasteiger partial charge in [0, 0.05) is 25.1 Å². The predicted molar refractivity (Wildman–Crippen MR) is 81.1 cm³/mol. The van der Waals surface area contributed by atoms with Crippen LogP contribution in [-0.4, -0.2) is 45.7 Å². The molecule has 0 bridgehead atoms. The molecule has 116 valence electrons. The van der Waals surface area contributed by atoms with Crippen LogP contribution < -0.4 is 5.32 Å². The predicted octanol–water partition coefficient (Wildman–Crippen LogP) is 2.01. The Bertz CT molecular complexity index is 481. The van der Waals surface area contributed by atoms with Gasteiger partial charge in [0.05, 0.1) is 18.1 Å². The second-order valence-corrected chi connectivity index (χ2v) is 6.61. The van der Waals surface area contributed by atoms with Gasteiger partial charge in [-0.2, -0.15) is 0 Å². The molecule has 1 unspecified atom stereocenters. The number of amides is 2. The Hall–Kier alpha value is -1.69. The van der Waals surface area contributed by atoms with Crippen molar-refractivity contribution in [1.82, 2.24) is 14.9 Å². The third-order valence-electron chi connectivity index (χ3n) is 3.64. The van der Waals surface area contributed by atoms with E-state index in [9.17, 15) is 9.90 Å². The number of hydrogen-bond acceptors (Lipinski definition) is 4. The zero-order chi connectivity index (χ0) is 15.5. The molecule has 21 heavy (non-hydrogen) atoms. The van der Waals surface area contributed by atoms with Crippen LogP contribution in [0.15, 0.2) is 12.4 Å². The quantitative estimate of drug-likeness (QED) is 0.874. The minimum absolute atomic E-state index is 0.107. The number of hydrogen-bond donors (Lipinski definition) is 2. The Balaban J connectivity index is 1.96. The zero-order valence-corrected chi connectivity index (χ0v) is 13.0. The molecule has 1 aliphatic rings. The maximum absolute atomic E-state index is 12.2. The molecule has 2 N–H and O–H groups in total. The Morgan fingerprint density at radius 1 is 1.43 bits per heavy atom. The number of aromatic nitrogens is 2. The van der Waals surface area contributed by atoms with Crippen molar-refractivity contribution in [3.8, 4) is 0 Å². The summed E-state index contributed by atoms with van der Waals surface area (Å²) in [6.45, 7) is 7.59. The summed E-state index contributed by atoms with van der Waals surface area (Å²) in [5, 5.41) is 12.0. The lowest BCUT2D eigenvalue weighted by atomic mass is 9.96. The first-order valence-electron chi connectivity index (χ1n) is 7.39. The summed E-state index contributed by atoms with van der Waals surface area (Å²) in [6, 6.07) is -0.153. The van der Waals surface area contributed by atoms with Crippen LogP contribution in [-0.2, 0) is 5.41 Å². The van der Waals surface area contributed by atoms with Crippen molar-refractivity contribution in [2.75, 3.05) is 25.0 Å². The zero-order valence-electron chi connectivity index (χ0n) is 13.0. The van der Waals surface area contributed by atoms with Crippen LogP contribution in [0.5, 0.6) is 0 Å². The standard InChI is InChI=1S/C15H24N4O2/c1-15(2,3)13-16-7-12(8-17-13)18-14(21)19-6-4-5-11(9-19)10-20/h7-8,11,20H,4-6,9-10H2,1-3H3,(H,18,21). The number of aliphatic hydroxyl groups excluding tert-OH is 1. The van der Waals surface area contributed by atoms with Gasteiger partial charge in [0.25, 0.3) is 0 Å². The summed E-state index contributed by atoms with van der Waals surface area (Å²) in [5.41, 5.74) is 0.489. The Morgan fingerprint density at radius 3 is 2.67 bits per heavy atom. The van der Waals surface area contributed by atoms with E-state index in [-0.39, 0.29) is 24.0 Å². The van der Waals surface area contributed by atoms with E-state index in [0.29, 0.717) is 12.2 Å². The molecule has 6 nitrogen and oxygen atoms in total. The van der Waals surface area contributed by atoms with Gasteiger partial charge in [0.1, 0.15) is 5.82 Å². The Kier molecular flexibility index (Phi) is 4.77. The van der Waals surface area contributed by atoms with Gasteiger partial charge in [-0.1, -0.05) is 20.8 Å². The Labute approximate surface area is 125 Å². The highest BCUT2D eigenvalue weighted by Crippen LogP contribution is 2.19. The van der Waals surface area contributed by atoms with Crippen molar-refractivity contribution in [2.24, 2.45) is 5.92 Å². The first-order chi connectivity index (χ1) is 9.90. The van der Waals surface area contributed by atoms with Gasteiger partial charge >= 0.3 is 6.03 Å². The molecule has 1 saturated heterocycles. The number of carbonyl (C=O) groups excluding carboxylic acids is 1. The maximum Gasteiger partial charge on any atom is 0.321 e. The fourth-order valence-electron chi connectivity index (χ4n) is 2.38. The summed E-state index contributed by atoms with van der Waals surface area (Å²) in [5.74, 6) is 0.933. The molecule has 1 aliphatic heterocycles. The third-order valence-corrected chi connectivity index (χ3v) is 3.64.